The summed E-state index contributed by atoms with van der Waals surface area (Å²) >= 11 is 3.32. The van der Waals surface area contributed by atoms with Crippen LogP contribution in [0.15, 0.2) is 22.8 Å². The van der Waals surface area contributed by atoms with Crippen molar-refractivity contribution < 1.29 is 4.79 Å². The second kappa shape index (κ2) is 10.1. The highest BCUT2D eigenvalue weighted by Crippen LogP contribution is 2.12. The van der Waals surface area contributed by atoms with E-state index in [-0.39, 0.29) is 5.78 Å². The number of Topliss-reactive ketones (excluding diaryl/α,β-unsaturated/α-hetero) is 1. The molecule has 1 aromatic rings. The van der Waals surface area contributed by atoms with Crippen LogP contribution in [-0.2, 0) is 0 Å². The van der Waals surface area contributed by atoms with Gasteiger partial charge in [-0.3, -0.25) is 9.78 Å². The van der Waals surface area contributed by atoms with E-state index in [1.165, 1.54) is 38.5 Å². The molecule has 2 nitrogen and oxygen atoms in total. The molecule has 0 amide bonds. The fourth-order valence-corrected chi connectivity index (χ4v) is 2.32. The Balaban J connectivity index is 2.06. The predicted octanol–water partition coefficient (Wildman–Crippen LogP) is 5.56. The van der Waals surface area contributed by atoms with Gasteiger partial charge in [0.25, 0.3) is 0 Å². The van der Waals surface area contributed by atoms with Crippen LogP contribution < -0.4 is 0 Å². The maximum absolute atomic E-state index is 11.9. The predicted molar refractivity (Wildman–Crippen MR) is 83.5 cm³/mol. The first-order chi connectivity index (χ1) is 9.24. The van der Waals surface area contributed by atoms with E-state index in [1.807, 2.05) is 6.07 Å². The monoisotopic (exact) mass is 325 g/mol. The number of pyridine rings is 1. The zero-order valence-corrected chi connectivity index (χ0v) is 13.4. The minimum atomic E-state index is 0.165. The lowest BCUT2D eigenvalue weighted by atomic mass is 10.1. The van der Waals surface area contributed by atoms with Crippen molar-refractivity contribution in [3.05, 3.63) is 28.5 Å². The molecule has 0 bridgehead atoms. The molecule has 0 unspecified atom stereocenters. The molecule has 1 rings (SSSR count). The number of rotatable bonds is 10. The molecule has 1 aromatic heterocycles. The van der Waals surface area contributed by atoms with Gasteiger partial charge in [0.1, 0.15) is 5.69 Å². The van der Waals surface area contributed by atoms with Crippen LogP contribution >= 0.6 is 15.9 Å². The molecular weight excluding hydrogens is 302 g/mol. The lowest BCUT2D eigenvalue weighted by Crippen LogP contribution is -2.01. The fourth-order valence-electron chi connectivity index (χ4n) is 2.09. The largest absolute Gasteiger partial charge is 0.292 e. The normalized spacial score (nSPS) is 10.6. The molecule has 0 radical (unpaired) electrons. The Labute approximate surface area is 125 Å². The van der Waals surface area contributed by atoms with Gasteiger partial charge < -0.3 is 0 Å². The standard InChI is InChI=1S/C16H24BrNO/c1-2-3-4-5-6-7-8-9-10-16(19)15-12-11-14(17)13-18-15/h11-13H,2-10H2,1H3. The van der Waals surface area contributed by atoms with E-state index in [2.05, 4.69) is 27.8 Å². The molecule has 0 fully saturated rings. The van der Waals surface area contributed by atoms with Crippen LogP contribution in [0.25, 0.3) is 0 Å². The van der Waals surface area contributed by atoms with Crippen molar-refractivity contribution in [3.8, 4) is 0 Å². The van der Waals surface area contributed by atoms with Crippen LogP contribution in [-0.4, -0.2) is 10.8 Å². The van der Waals surface area contributed by atoms with E-state index in [9.17, 15) is 4.79 Å². The Morgan fingerprint density at radius 1 is 1.05 bits per heavy atom. The lowest BCUT2D eigenvalue weighted by molar-refractivity contribution is 0.0974. The van der Waals surface area contributed by atoms with Gasteiger partial charge in [0.15, 0.2) is 5.78 Å². The quantitative estimate of drug-likeness (QED) is 0.416. The van der Waals surface area contributed by atoms with Crippen molar-refractivity contribution in [2.24, 2.45) is 0 Å². The zero-order chi connectivity index (χ0) is 13.9. The molecule has 0 saturated carbocycles. The van der Waals surface area contributed by atoms with Gasteiger partial charge in [-0.25, -0.2) is 0 Å². The molecule has 0 aromatic carbocycles. The van der Waals surface area contributed by atoms with Crippen LogP contribution in [0.3, 0.4) is 0 Å². The first-order valence-electron chi connectivity index (χ1n) is 7.38. The van der Waals surface area contributed by atoms with Crippen LogP contribution in [0.1, 0.15) is 75.2 Å². The van der Waals surface area contributed by atoms with Crippen molar-refractivity contribution in [1.29, 1.82) is 0 Å². The third-order valence-electron chi connectivity index (χ3n) is 3.27. The van der Waals surface area contributed by atoms with Crippen molar-refractivity contribution in [2.45, 2.75) is 64.7 Å². The minimum absolute atomic E-state index is 0.165. The second-order valence-electron chi connectivity index (χ2n) is 5.01. The third kappa shape index (κ3) is 7.46. The fraction of sp³-hybridized carbons (Fsp3) is 0.625. The molecule has 0 saturated heterocycles. The highest BCUT2D eigenvalue weighted by Gasteiger charge is 2.06. The average molecular weight is 326 g/mol. The number of halogens is 1. The maximum atomic E-state index is 11.9. The van der Waals surface area contributed by atoms with Crippen LogP contribution in [0.2, 0.25) is 0 Å². The second-order valence-corrected chi connectivity index (χ2v) is 5.93. The number of carbonyl (C=O) groups excluding carboxylic acids is 1. The summed E-state index contributed by atoms with van der Waals surface area (Å²) in [6.45, 7) is 2.24. The Hall–Kier alpha value is -0.700. The SMILES string of the molecule is CCCCCCCCCCC(=O)c1ccc(Br)cn1. The minimum Gasteiger partial charge on any atom is -0.292 e. The summed E-state index contributed by atoms with van der Waals surface area (Å²) < 4.78 is 0.913. The van der Waals surface area contributed by atoms with Gasteiger partial charge in [0.05, 0.1) is 0 Å². The highest BCUT2D eigenvalue weighted by atomic mass is 79.9. The van der Waals surface area contributed by atoms with Gasteiger partial charge in [-0.15, -0.1) is 0 Å². The molecule has 0 aliphatic heterocycles. The molecule has 0 spiro atoms. The lowest BCUT2D eigenvalue weighted by Gasteiger charge is -2.02. The number of hydrogen-bond donors (Lipinski definition) is 0. The summed E-state index contributed by atoms with van der Waals surface area (Å²) in [6, 6.07) is 3.66. The number of aromatic nitrogens is 1. The van der Waals surface area contributed by atoms with Crippen LogP contribution in [0.5, 0.6) is 0 Å². The molecule has 0 aliphatic carbocycles. The van der Waals surface area contributed by atoms with E-state index in [0.29, 0.717) is 12.1 Å². The van der Waals surface area contributed by atoms with E-state index in [1.54, 1.807) is 12.3 Å². The molecule has 0 atom stereocenters. The number of ketones is 1. The highest BCUT2D eigenvalue weighted by molar-refractivity contribution is 9.10. The molecule has 1 heterocycles. The first-order valence-corrected chi connectivity index (χ1v) is 8.18. The van der Waals surface area contributed by atoms with Crippen molar-refractivity contribution in [1.82, 2.24) is 4.98 Å². The Kier molecular flexibility index (Phi) is 8.72. The van der Waals surface area contributed by atoms with Gasteiger partial charge in [0.2, 0.25) is 0 Å². The Morgan fingerprint density at radius 2 is 1.68 bits per heavy atom. The molecule has 0 N–H and O–H groups in total. The maximum Gasteiger partial charge on any atom is 0.181 e. The topological polar surface area (TPSA) is 30.0 Å². The van der Waals surface area contributed by atoms with Crippen LogP contribution in [0.4, 0.5) is 0 Å². The summed E-state index contributed by atoms with van der Waals surface area (Å²) in [5.74, 6) is 0.165. The van der Waals surface area contributed by atoms with E-state index >= 15 is 0 Å². The van der Waals surface area contributed by atoms with Gasteiger partial charge in [-0.1, -0.05) is 51.9 Å². The average Bonchev–Trinajstić information content (AvgIpc) is 2.42. The Bertz CT molecular complexity index is 362. The summed E-state index contributed by atoms with van der Waals surface area (Å²) in [4.78, 5) is 16.0. The van der Waals surface area contributed by atoms with Crippen molar-refractivity contribution >= 4 is 21.7 Å². The molecule has 3 heteroatoms. The van der Waals surface area contributed by atoms with E-state index in [4.69, 9.17) is 0 Å². The number of unbranched alkanes of at least 4 members (excludes halogenated alkanes) is 7. The van der Waals surface area contributed by atoms with Crippen molar-refractivity contribution in [3.63, 3.8) is 0 Å². The molecule has 19 heavy (non-hydrogen) atoms. The Morgan fingerprint density at radius 3 is 2.26 bits per heavy atom. The summed E-state index contributed by atoms with van der Waals surface area (Å²) in [7, 11) is 0. The van der Waals surface area contributed by atoms with E-state index in [0.717, 1.165) is 17.3 Å². The van der Waals surface area contributed by atoms with Gasteiger partial charge >= 0.3 is 0 Å². The molecule has 0 aliphatic rings. The number of nitrogens with zero attached hydrogens (tertiary/aromatic N) is 1. The first kappa shape index (κ1) is 16.4. The third-order valence-corrected chi connectivity index (χ3v) is 3.74. The van der Waals surface area contributed by atoms with Gasteiger partial charge in [-0.2, -0.15) is 0 Å². The summed E-state index contributed by atoms with van der Waals surface area (Å²) in [5.41, 5.74) is 0.589. The van der Waals surface area contributed by atoms with Crippen molar-refractivity contribution in [2.75, 3.05) is 0 Å². The van der Waals surface area contributed by atoms with E-state index < -0.39 is 0 Å². The smallest absolute Gasteiger partial charge is 0.181 e. The molecular formula is C16H24BrNO. The van der Waals surface area contributed by atoms with Gasteiger partial charge in [0, 0.05) is 17.1 Å². The van der Waals surface area contributed by atoms with Crippen LogP contribution in [0, 0.1) is 0 Å². The summed E-state index contributed by atoms with van der Waals surface area (Å²) in [5, 5.41) is 0. The number of carbonyl (C=O) groups is 1. The summed E-state index contributed by atoms with van der Waals surface area (Å²) in [6.07, 6.45) is 12.4. The zero-order valence-electron chi connectivity index (χ0n) is 11.8. The van der Waals surface area contributed by atoms with Gasteiger partial charge in [-0.05, 0) is 34.5 Å². The number of hydrogen-bond acceptors (Lipinski definition) is 2. The molecule has 106 valence electrons.